The molecule has 1 aromatic heterocycles. The number of nitrogens with zero attached hydrogens (tertiary/aromatic N) is 2. The molecule has 2 amide bonds. The summed E-state index contributed by atoms with van der Waals surface area (Å²) < 4.78 is 16.5. The van der Waals surface area contributed by atoms with Gasteiger partial charge in [0.2, 0.25) is 5.91 Å². The van der Waals surface area contributed by atoms with E-state index in [0.29, 0.717) is 38.6 Å². The van der Waals surface area contributed by atoms with Crippen LogP contribution in [0.3, 0.4) is 0 Å². The molecule has 5 rings (SSSR count). The van der Waals surface area contributed by atoms with E-state index in [9.17, 15) is 9.59 Å². The lowest BCUT2D eigenvalue weighted by Crippen LogP contribution is -2.56. The van der Waals surface area contributed by atoms with Gasteiger partial charge in [-0.1, -0.05) is 24.3 Å². The Morgan fingerprint density at radius 2 is 1.85 bits per heavy atom. The van der Waals surface area contributed by atoms with Crippen LogP contribution >= 0.6 is 0 Å². The Labute approximate surface area is 193 Å². The smallest absolute Gasteiger partial charge is 0.290 e. The number of benzene rings is 1. The number of morpholine rings is 1. The third-order valence-electron chi connectivity index (χ3n) is 7.05. The predicted octanol–water partition coefficient (Wildman–Crippen LogP) is 1.70. The molecule has 3 aliphatic rings. The molecule has 2 fully saturated rings. The van der Waals surface area contributed by atoms with E-state index in [4.69, 9.17) is 13.9 Å². The van der Waals surface area contributed by atoms with Crippen molar-refractivity contribution >= 4 is 11.8 Å². The molecule has 0 radical (unpaired) electrons. The zero-order valence-electron chi connectivity index (χ0n) is 18.8. The number of nitrogens with one attached hydrogen (secondary N) is 1. The molecule has 0 bridgehead atoms. The van der Waals surface area contributed by atoms with Crippen molar-refractivity contribution < 1.29 is 23.5 Å². The fourth-order valence-corrected chi connectivity index (χ4v) is 5.19. The van der Waals surface area contributed by atoms with Gasteiger partial charge in [-0.05, 0) is 29.7 Å². The van der Waals surface area contributed by atoms with Crippen LogP contribution in [-0.4, -0.2) is 79.8 Å². The first-order chi connectivity index (χ1) is 16.2. The molecular formula is C25H31N3O5. The van der Waals surface area contributed by atoms with Gasteiger partial charge in [-0.3, -0.25) is 14.5 Å². The van der Waals surface area contributed by atoms with Crippen LogP contribution in [0.15, 0.2) is 47.1 Å². The molecule has 3 aliphatic heterocycles. The van der Waals surface area contributed by atoms with Gasteiger partial charge in [0.15, 0.2) is 5.76 Å². The summed E-state index contributed by atoms with van der Waals surface area (Å²) in [7, 11) is 0. The normalized spacial score (nSPS) is 24.3. The summed E-state index contributed by atoms with van der Waals surface area (Å²) in [6.45, 7) is 5.55. The van der Waals surface area contributed by atoms with Gasteiger partial charge in [0.25, 0.3) is 5.91 Å². The van der Waals surface area contributed by atoms with Crippen molar-refractivity contribution in [3.63, 3.8) is 0 Å². The summed E-state index contributed by atoms with van der Waals surface area (Å²) in [5, 5.41) is 3.19. The molecule has 4 heterocycles. The minimum absolute atomic E-state index is 0.124. The number of carbonyl (C=O) groups excluding carboxylic acids is 2. The Balaban J connectivity index is 1.32. The third-order valence-corrected chi connectivity index (χ3v) is 7.05. The van der Waals surface area contributed by atoms with E-state index in [1.807, 2.05) is 24.3 Å². The molecule has 0 aliphatic carbocycles. The highest BCUT2D eigenvalue weighted by atomic mass is 16.5. The predicted molar refractivity (Wildman–Crippen MR) is 121 cm³/mol. The Kier molecular flexibility index (Phi) is 6.75. The van der Waals surface area contributed by atoms with E-state index in [1.54, 1.807) is 17.0 Å². The van der Waals surface area contributed by atoms with Crippen LogP contribution in [0.25, 0.3) is 0 Å². The van der Waals surface area contributed by atoms with Gasteiger partial charge in [0.1, 0.15) is 6.04 Å². The monoisotopic (exact) mass is 453 g/mol. The standard InChI is InChI=1S/C25H31N3O5/c29-24(26-15-22(20-7-11-32-17-20)27-8-12-31-13-9-27)21-14-18-4-1-2-5-19(18)16-28(21)25(30)23-6-3-10-33-23/h1-6,10,20-22H,7-9,11-17H2,(H,26,29). The maximum atomic E-state index is 13.5. The average Bonchev–Trinajstić information content (AvgIpc) is 3.58. The highest BCUT2D eigenvalue weighted by Gasteiger charge is 2.37. The second kappa shape index (κ2) is 10.1. The van der Waals surface area contributed by atoms with E-state index in [1.165, 1.54) is 6.26 Å². The number of rotatable bonds is 6. The number of ether oxygens (including phenoxy) is 2. The van der Waals surface area contributed by atoms with Crippen molar-refractivity contribution in [2.24, 2.45) is 5.92 Å². The van der Waals surface area contributed by atoms with E-state index >= 15 is 0 Å². The van der Waals surface area contributed by atoms with E-state index < -0.39 is 6.04 Å². The zero-order chi connectivity index (χ0) is 22.6. The van der Waals surface area contributed by atoms with Gasteiger partial charge in [-0.15, -0.1) is 0 Å². The van der Waals surface area contributed by atoms with Gasteiger partial charge in [0, 0.05) is 51.2 Å². The van der Waals surface area contributed by atoms with Crippen LogP contribution in [0.5, 0.6) is 0 Å². The Morgan fingerprint density at radius 3 is 2.58 bits per heavy atom. The Hall–Kier alpha value is -2.68. The van der Waals surface area contributed by atoms with Gasteiger partial charge < -0.3 is 24.1 Å². The molecule has 8 heteroatoms. The largest absolute Gasteiger partial charge is 0.459 e. The summed E-state index contributed by atoms with van der Waals surface area (Å²) in [6, 6.07) is 11.0. The lowest BCUT2D eigenvalue weighted by molar-refractivity contribution is -0.126. The van der Waals surface area contributed by atoms with Crippen LogP contribution in [0.1, 0.15) is 28.1 Å². The number of carbonyl (C=O) groups is 2. The molecule has 1 aromatic carbocycles. The number of furan rings is 1. The van der Waals surface area contributed by atoms with Crippen molar-refractivity contribution in [1.82, 2.24) is 15.1 Å². The van der Waals surface area contributed by atoms with Crippen LogP contribution in [0.2, 0.25) is 0 Å². The van der Waals surface area contributed by atoms with Crippen molar-refractivity contribution in [3.05, 3.63) is 59.5 Å². The SMILES string of the molecule is O=C(NCC(C1CCOC1)N1CCOCC1)C1Cc2ccccc2CN1C(=O)c1ccco1. The first-order valence-electron chi connectivity index (χ1n) is 11.8. The molecule has 0 spiro atoms. The van der Waals surface area contributed by atoms with E-state index in [2.05, 4.69) is 10.2 Å². The number of amides is 2. The molecular weight excluding hydrogens is 422 g/mol. The molecule has 176 valence electrons. The molecule has 8 nitrogen and oxygen atoms in total. The third kappa shape index (κ3) is 4.83. The number of hydrogen-bond acceptors (Lipinski definition) is 6. The summed E-state index contributed by atoms with van der Waals surface area (Å²) in [4.78, 5) is 30.7. The fraction of sp³-hybridized carbons (Fsp3) is 0.520. The van der Waals surface area contributed by atoms with Crippen LogP contribution in [-0.2, 0) is 27.2 Å². The lowest BCUT2D eigenvalue weighted by Gasteiger charge is -2.39. The van der Waals surface area contributed by atoms with Crippen molar-refractivity contribution in [1.29, 1.82) is 0 Å². The molecule has 33 heavy (non-hydrogen) atoms. The Bertz CT molecular complexity index is 951. The summed E-state index contributed by atoms with van der Waals surface area (Å²) >= 11 is 0. The molecule has 0 saturated carbocycles. The average molecular weight is 454 g/mol. The summed E-state index contributed by atoms with van der Waals surface area (Å²) in [6.07, 6.45) is 2.97. The maximum absolute atomic E-state index is 13.5. The van der Waals surface area contributed by atoms with Gasteiger partial charge >= 0.3 is 0 Å². The van der Waals surface area contributed by atoms with Crippen molar-refractivity contribution in [3.8, 4) is 0 Å². The summed E-state index contributed by atoms with van der Waals surface area (Å²) in [5.41, 5.74) is 2.17. The highest BCUT2D eigenvalue weighted by molar-refractivity contribution is 5.96. The number of fused-ring (bicyclic) bond motifs is 1. The zero-order valence-corrected chi connectivity index (χ0v) is 18.8. The topological polar surface area (TPSA) is 84.2 Å². The minimum atomic E-state index is -0.581. The first-order valence-corrected chi connectivity index (χ1v) is 11.8. The quantitative estimate of drug-likeness (QED) is 0.717. The molecule has 3 unspecified atom stereocenters. The van der Waals surface area contributed by atoms with Crippen LogP contribution in [0.4, 0.5) is 0 Å². The molecule has 3 atom stereocenters. The van der Waals surface area contributed by atoms with Crippen LogP contribution < -0.4 is 5.32 Å². The number of hydrogen-bond donors (Lipinski definition) is 1. The Morgan fingerprint density at radius 1 is 1.03 bits per heavy atom. The second-order valence-electron chi connectivity index (χ2n) is 8.98. The highest BCUT2D eigenvalue weighted by Crippen LogP contribution is 2.26. The van der Waals surface area contributed by atoms with Gasteiger partial charge in [0.05, 0.1) is 26.1 Å². The molecule has 2 aromatic rings. The molecule has 1 N–H and O–H groups in total. The molecule has 2 saturated heterocycles. The second-order valence-corrected chi connectivity index (χ2v) is 8.98. The van der Waals surface area contributed by atoms with Gasteiger partial charge in [-0.2, -0.15) is 0 Å². The van der Waals surface area contributed by atoms with E-state index in [-0.39, 0.29) is 23.6 Å². The van der Waals surface area contributed by atoms with Crippen molar-refractivity contribution in [2.75, 3.05) is 46.1 Å². The van der Waals surface area contributed by atoms with Gasteiger partial charge in [-0.25, -0.2) is 0 Å². The fourth-order valence-electron chi connectivity index (χ4n) is 5.19. The van der Waals surface area contributed by atoms with Crippen molar-refractivity contribution in [2.45, 2.75) is 31.5 Å². The first kappa shape index (κ1) is 22.1. The minimum Gasteiger partial charge on any atom is -0.459 e. The summed E-state index contributed by atoms with van der Waals surface area (Å²) in [5.74, 6) is 0.253. The van der Waals surface area contributed by atoms with E-state index in [0.717, 1.165) is 43.9 Å². The maximum Gasteiger partial charge on any atom is 0.290 e. The van der Waals surface area contributed by atoms with Crippen LogP contribution in [0, 0.1) is 5.92 Å². The lowest BCUT2D eigenvalue weighted by atomic mass is 9.92.